The van der Waals surface area contributed by atoms with Gasteiger partial charge in [0, 0.05) is 17.5 Å². The molecule has 8 heteroatoms. The van der Waals surface area contributed by atoms with Gasteiger partial charge < -0.3 is 14.8 Å². The zero-order chi connectivity index (χ0) is 15.6. The van der Waals surface area contributed by atoms with Crippen LogP contribution in [0.2, 0.25) is 0 Å². The van der Waals surface area contributed by atoms with E-state index in [0.29, 0.717) is 10.4 Å². The number of thiophene rings is 1. The van der Waals surface area contributed by atoms with E-state index in [2.05, 4.69) is 15.6 Å². The topological polar surface area (TPSA) is 93.2 Å². The van der Waals surface area contributed by atoms with Gasteiger partial charge in [-0.2, -0.15) is 0 Å². The Hall–Kier alpha value is -2.45. The van der Waals surface area contributed by atoms with E-state index in [0.717, 1.165) is 0 Å². The van der Waals surface area contributed by atoms with Crippen molar-refractivity contribution < 1.29 is 14.3 Å². The van der Waals surface area contributed by atoms with Gasteiger partial charge in [0.05, 0.1) is 25.3 Å². The van der Waals surface area contributed by atoms with Crippen molar-refractivity contribution >= 4 is 17.2 Å². The Morgan fingerprint density at radius 3 is 3.00 bits per heavy atom. The van der Waals surface area contributed by atoms with E-state index in [9.17, 15) is 9.90 Å². The van der Waals surface area contributed by atoms with Gasteiger partial charge in [-0.1, -0.05) is 11.3 Å². The van der Waals surface area contributed by atoms with Crippen molar-refractivity contribution in [3.63, 3.8) is 0 Å². The van der Waals surface area contributed by atoms with Crippen molar-refractivity contribution in [3.8, 4) is 0 Å². The average molecular weight is 318 g/mol. The summed E-state index contributed by atoms with van der Waals surface area (Å²) in [6.07, 6.45) is 4.46. The molecule has 1 amide bonds. The Bertz CT molecular complexity index is 715. The molecule has 2 N–H and O–H groups in total. The fraction of sp³-hybridized carbons (Fsp3) is 0.214. The van der Waals surface area contributed by atoms with Crippen LogP contribution in [0.25, 0.3) is 0 Å². The van der Waals surface area contributed by atoms with Gasteiger partial charge in [-0.25, -0.2) is 0 Å². The van der Waals surface area contributed by atoms with Gasteiger partial charge in [-0.3, -0.25) is 9.48 Å². The lowest BCUT2D eigenvalue weighted by molar-refractivity contribution is 0.0711. The molecule has 0 fully saturated rings. The molecule has 0 unspecified atom stereocenters. The molecule has 3 aromatic rings. The Kier molecular flexibility index (Phi) is 3.78. The summed E-state index contributed by atoms with van der Waals surface area (Å²) in [7, 11) is 1.68. The standard InChI is InChI=1S/C14H14N4O3S/c1-18-7-11(16-17-18)13(19)15-9-14(20,10-4-5-21-8-10)12-3-2-6-22-12/h2-8,20H,9H2,1H3,(H,15,19)/t14-/m0/s1. The maximum atomic E-state index is 12.1. The summed E-state index contributed by atoms with van der Waals surface area (Å²) in [5, 5.41) is 23.0. The number of aliphatic hydroxyl groups is 1. The van der Waals surface area contributed by atoms with Gasteiger partial charge in [-0.05, 0) is 17.5 Å². The summed E-state index contributed by atoms with van der Waals surface area (Å²) in [6.45, 7) is 0.00243. The number of furan rings is 1. The number of amides is 1. The number of aryl methyl sites for hydroxylation is 1. The van der Waals surface area contributed by atoms with Crippen LogP contribution in [0.4, 0.5) is 0 Å². The molecule has 3 rings (SSSR count). The average Bonchev–Trinajstić information content (AvgIpc) is 3.24. The van der Waals surface area contributed by atoms with Crippen molar-refractivity contribution in [3.05, 3.63) is 58.4 Å². The van der Waals surface area contributed by atoms with Crippen molar-refractivity contribution in [2.75, 3.05) is 6.54 Å². The van der Waals surface area contributed by atoms with E-state index in [1.54, 1.807) is 13.1 Å². The molecule has 114 valence electrons. The Labute approximate surface area is 130 Å². The summed E-state index contributed by atoms with van der Waals surface area (Å²) in [6, 6.07) is 5.33. The molecule has 0 radical (unpaired) electrons. The van der Waals surface area contributed by atoms with Gasteiger partial charge in [0.1, 0.15) is 5.60 Å². The largest absolute Gasteiger partial charge is 0.472 e. The minimum atomic E-state index is -1.35. The zero-order valence-electron chi connectivity index (χ0n) is 11.8. The maximum absolute atomic E-state index is 12.1. The summed E-state index contributed by atoms with van der Waals surface area (Å²) in [5.41, 5.74) is -0.573. The van der Waals surface area contributed by atoms with Crippen molar-refractivity contribution in [2.24, 2.45) is 7.05 Å². The number of nitrogens with zero attached hydrogens (tertiary/aromatic N) is 3. The van der Waals surface area contributed by atoms with Gasteiger partial charge in [0.15, 0.2) is 5.69 Å². The Balaban J connectivity index is 1.81. The number of carbonyl (C=O) groups excluding carboxylic acids is 1. The third kappa shape index (κ3) is 2.66. The zero-order valence-corrected chi connectivity index (χ0v) is 12.6. The number of carbonyl (C=O) groups is 1. The summed E-state index contributed by atoms with van der Waals surface area (Å²) in [4.78, 5) is 12.8. The van der Waals surface area contributed by atoms with E-state index < -0.39 is 11.5 Å². The van der Waals surface area contributed by atoms with Crippen LogP contribution in [0, 0.1) is 0 Å². The molecule has 0 spiro atoms. The molecule has 0 aliphatic carbocycles. The number of hydrogen-bond acceptors (Lipinski definition) is 6. The molecule has 0 saturated carbocycles. The minimum Gasteiger partial charge on any atom is -0.472 e. The minimum absolute atomic E-state index is 0.00243. The highest BCUT2D eigenvalue weighted by atomic mass is 32.1. The molecule has 1 atom stereocenters. The molecular formula is C14H14N4O3S. The highest BCUT2D eigenvalue weighted by Gasteiger charge is 2.34. The second-order valence-electron chi connectivity index (χ2n) is 4.81. The molecule has 3 aromatic heterocycles. The first-order valence-electron chi connectivity index (χ1n) is 6.53. The molecule has 0 aromatic carbocycles. The summed E-state index contributed by atoms with van der Waals surface area (Å²) < 4.78 is 6.50. The van der Waals surface area contributed by atoms with Crippen molar-refractivity contribution in [1.82, 2.24) is 20.3 Å². The van der Waals surface area contributed by atoms with Gasteiger partial charge in [0.25, 0.3) is 5.91 Å². The monoisotopic (exact) mass is 318 g/mol. The highest BCUT2D eigenvalue weighted by Crippen LogP contribution is 2.32. The first-order valence-corrected chi connectivity index (χ1v) is 7.41. The molecule has 0 aliphatic heterocycles. The third-order valence-corrected chi connectivity index (χ3v) is 4.29. The quantitative estimate of drug-likeness (QED) is 0.736. The van der Waals surface area contributed by atoms with Gasteiger partial charge >= 0.3 is 0 Å². The SMILES string of the molecule is Cn1cc(C(=O)NC[C@](O)(c2ccoc2)c2cccs2)nn1. The van der Waals surface area contributed by atoms with Crippen molar-refractivity contribution in [2.45, 2.75) is 5.60 Å². The van der Waals surface area contributed by atoms with E-state index >= 15 is 0 Å². The maximum Gasteiger partial charge on any atom is 0.273 e. The second kappa shape index (κ2) is 5.74. The van der Waals surface area contributed by atoms with E-state index in [1.165, 1.54) is 34.7 Å². The molecular weight excluding hydrogens is 304 g/mol. The number of aromatic nitrogens is 3. The van der Waals surface area contributed by atoms with Crippen LogP contribution in [0.5, 0.6) is 0 Å². The normalized spacial score (nSPS) is 13.7. The predicted octanol–water partition coefficient (Wildman–Crippen LogP) is 1.14. The van der Waals surface area contributed by atoms with Crippen molar-refractivity contribution in [1.29, 1.82) is 0 Å². The predicted molar refractivity (Wildman–Crippen MR) is 79.4 cm³/mol. The fourth-order valence-electron chi connectivity index (χ4n) is 2.10. The molecule has 0 bridgehead atoms. The van der Waals surface area contributed by atoms with Crippen LogP contribution < -0.4 is 5.32 Å². The molecule has 0 saturated heterocycles. The van der Waals surface area contributed by atoms with Crippen LogP contribution in [-0.4, -0.2) is 32.6 Å². The van der Waals surface area contributed by atoms with E-state index in [4.69, 9.17) is 4.42 Å². The number of hydrogen-bond donors (Lipinski definition) is 2. The Morgan fingerprint density at radius 2 is 2.41 bits per heavy atom. The first-order chi connectivity index (χ1) is 10.6. The number of nitrogens with one attached hydrogen (secondary N) is 1. The summed E-state index contributed by atoms with van der Waals surface area (Å²) >= 11 is 1.40. The third-order valence-electron chi connectivity index (χ3n) is 3.27. The lowest BCUT2D eigenvalue weighted by atomic mass is 9.94. The highest BCUT2D eigenvalue weighted by molar-refractivity contribution is 7.10. The number of rotatable bonds is 5. The smallest absolute Gasteiger partial charge is 0.273 e. The van der Waals surface area contributed by atoms with Crippen LogP contribution in [0.3, 0.4) is 0 Å². The van der Waals surface area contributed by atoms with Gasteiger partial charge in [0.2, 0.25) is 0 Å². The van der Waals surface area contributed by atoms with Crippen LogP contribution >= 0.6 is 11.3 Å². The first kappa shape index (κ1) is 14.5. The molecule has 7 nitrogen and oxygen atoms in total. The molecule has 0 aliphatic rings. The van der Waals surface area contributed by atoms with Crippen LogP contribution in [-0.2, 0) is 12.6 Å². The summed E-state index contributed by atoms with van der Waals surface area (Å²) in [5.74, 6) is -0.397. The lowest BCUT2D eigenvalue weighted by Gasteiger charge is -2.26. The van der Waals surface area contributed by atoms with E-state index in [-0.39, 0.29) is 12.2 Å². The second-order valence-corrected chi connectivity index (χ2v) is 5.76. The molecule has 22 heavy (non-hydrogen) atoms. The Morgan fingerprint density at radius 1 is 1.55 bits per heavy atom. The van der Waals surface area contributed by atoms with E-state index in [1.807, 2.05) is 17.5 Å². The van der Waals surface area contributed by atoms with Crippen LogP contribution in [0.1, 0.15) is 20.9 Å². The molecule has 3 heterocycles. The van der Waals surface area contributed by atoms with Crippen LogP contribution in [0.15, 0.2) is 46.7 Å². The lowest BCUT2D eigenvalue weighted by Crippen LogP contribution is -2.41. The van der Waals surface area contributed by atoms with Gasteiger partial charge in [-0.15, -0.1) is 16.4 Å². The fourth-order valence-corrected chi connectivity index (χ4v) is 2.94.